The van der Waals surface area contributed by atoms with Crippen molar-refractivity contribution in [2.45, 2.75) is 0 Å². The van der Waals surface area contributed by atoms with Crippen LogP contribution in [-0.2, 0) is 0 Å². The molecule has 0 amide bonds. The molecule has 0 saturated carbocycles. The van der Waals surface area contributed by atoms with Gasteiger partial charge in [0.1, 0.15) is 0 Å². The second kappa shape index (κ2) is 14.1. The van der Waals surface area contributed by atoms with Crippen molar-refractivity contribution < 1.29 is 0 Å². The first-order chi connectivity index (χ1) is 28.7. The van der Waals surface area contributed by atoms with Crippen molar-refractivity contribution in [3.63, 3.8) is 0 Å². The molecule has 0 bridgehead atoms. The summed E-state index contributed by atoms with van der Waals surface area (Å²) in [7, 11) is 0. The highest BCUT2D eigenvalue weighted by molar-refractivity contribution is 6.25. The minimum Gasteiger partial charge on any atom is -0.247 e. The number of nitrogens with zero attached hydrogens (tertiary/aromatic N) is 3. The van der Waals surface area contributed by atoms with Gasteiger partial charge in [-0.05, 0) is 74.1 Å². The molecule has 3 heteroatoms. The van der Waals surface area contributed by atoms with Crippen molar-refractivity contribution in [3.8, 4) is 67.4 Å². The number of rotatable bonds is 6. The first-order valence-electron chi connectivity index (χ1n) is 19.7. The Morgan fingerprint density at radius 2 is 0.862 bits per heavy atom. The van der Waals surface area contributed by atoms with Crippen LogP contribution in [0.1, 0.15) is 0 Å². The largest absolute Gasteiger partial charge is 0.247 e. The van der Waals surface area contributed by atoms with Crippen LogP contribution in [0.4, 0.5) is 0 Å². The molecule has 270 valence electrons. The van der Waals surface area contributed by atoms with Gasteiger partial charge in [-0.15, -0.1) is 0 Å². The van der Waals surface area contributed by atoms with E-state index in [0.717, 1.165) is 66.8 Å². The van der Waals surface area contributed by atoms with E-state index in [-0.39, 0.29) is 0 Å². The van der Waals surface area contributed by atoms with Crippen LogP contribution in [0.15, 0.2) is 212 Å². The first-order valence-corrected chi connectivity index (χ1v) is 19.7. The molecule has 0 fully saturated rings. The third kappa shape index (κ3) is 5.98. The number of pyridine rings is 1. The van der Waals surface area contributed by atoms with Crippen molar-refractivity contribution in [1.82, 2.24) is 15.0 Å². The Kier molecular flexibility index (Phi) is 8.15. The summed E-state index contributed by atoms with van der Waals surface area (Å²) in [4.78, 5) is 15.6. The minimum atomic E-state index is 0.698. The van der Waals surface area contributed by atoms with Gasteiger partial charge in [0, 0.05) is 38.4 Å². The summed E-state index contributed by atoms with van der Waals surface area (Å²) in [6, 6.07) is 75.1. The molecule has 2 aromatic heterocycles. The van der Waals surface area contributed by atoms with Gasteiger partial charge >= 0.3 is 0 Å². The molecule has 0 spiro atoms. The average Bonchev–Trinajstić information content (AvgIpc) is 3.31. The Morgan fingerprint density at radius 1 is 0.276 bits per heavy atom. The van der Waals surface area contributed by atoms with Gasteiger partial charge in [0.2, 0.25) is 0 Å². The highest BCUT2D eigenvalue weighted by atomic mass is 14.9. The fourth-order valence-corrected chi connectivity index (χ4v) is 8.38. The molecule has 0 aliphatic carbocycles. The van der Waals surface area contributed by atoms with Gasteiger partial charge in [0.05, 0.1) is 22.6 Å². The molecule has 0 saturated heterocycles. The van der Waals surface area contributed by atoms with Crippen molar-refractivity contribution in [2.24, 2.45) is 0 Å². The summed E-state index contributed by atoms with van der Waals surface area (Å²) in [5.74, 6) is 0.698. The van der Waals surface area contributed by atoms with E-state index in [2.05, 4.69) is 188 Å². The smallest absolute Gasteiger partial charge is 0.160 e. The average molecular weight is 738 g/mol. The Bertz CT molecular complexity index is 3320. The maximum Gasteiger partial charge on any atom is 0.160 e. The molecule has 58 heavy (non-hydrogen) atoms. The van der Waals surface area contributed by atoms with E-state index >= 15 is 0 Å². The van der Waals surface area contributed by atoms with Crippen LogP contribution in [0.3, 0.4) is 0 Å². The lowest BCUT2D eigenvalue weighted by atomic mass is 9.89. The Hall–Kier alpha value is -7.75. The van der Waals surface area contributed by atoms with Crippen LogP contribution in [0.25, 0.3) is 111 Å². The lowest BCUT2D eigenvalue weighted by Gasteiger charge is -2.16. The zero-order valence-electron chi connectivity index (χ0n) is 31.5. The summed E-state index contributed by atoms with van der Waals surface area (Å²) in [6.45, 7) is 0. The summed E-state index contributed by atoms with van der Waals surface area (Å²) in [6.07, 6.45) is 0. The normalized spacial score (nSPS) is 11.4. The number of para-hydroxylation sites is 1. The molecular formula is C55H35N3. The van der Waals surface area contributed by atoms with Gasteiger partial charge in [0.25, 0.3) is 0 Å². The van der Waals surface area contributed by atoms with E-state index in [9.17, 15) is 0 Å². The Morgan fingerprint density at radius 3 is 1.66 bits per heavy atom. The molecule has 0 unspecified atom stereocenters. The van der Waals surface area contributed by atoms with E-state index < -0.39 is 0 Å². The van der Waals surface area contributed by atoms with Gasteiger partial charge in [-0.2, -0.15) is 0 Å². The summed E-state index contributed by atoms with van der Waals surface area (Å²) in [5.41, 5.74) is 12.5. The van der Waals surface area contributed by atoms with E-state index in [1.54, 1.807) is 0 Å². The van der Waals surface area contributed by atoms with Crippen molar-refractivity contribution >= 4 is 43.2 Å². The van der Waals surface area contributed by atoms with Gasteiger partial charge in [-0.1, -0.05) is 182 Å². The van der Waals surface area contributed by atoms with Crippen molar-refractivity contribution in [1.29, 1.82) is 0 Å². The molecule has 0 aliphatic rings. The third-order valence-electron chi connectivity index (χ3n) is 11.2. The highest BCUT2D eigenvalue weighted by Crippen LogP contribution is 2.42. The van der Waals surface area contributed by atoms with E-state index in [4.69, 9.17) is 15.0 Å². The van der Waals surface area contributed by atoms with Gasteiger partial charge < -0.3 is 0 Å². The first kappa shape index (κ1) is 33.6. The second-order valence-electron chi connectivity index (χ2n) is 14.8. The predicted octanol–water partition coefficient (Wildman–Crippen LogP) is 14.5. The monoisotopic (exact) mass is 737 g/mol. The zero-order valence-corrected chi connectivity index (χ0v) is 31.5. The molecule has 0 N–H and O–H groups in total. The van der Waals surface area contributed by atoms with Crippen LogP contribution < -0.4 is 0 Å². The van der Waals surface area contributed by atoms with Crippen LogP contribution in [0.5, 0.6) is 0 Å². The SMILES string of the molecule is c1ccc(-c2cccc(-c3cc(-c4ccc(-c5cc6c(-c7ccc8ccccc8c7)nc7ccccc7c6c6ccccc56)cc4)nc(-c4ccccc4)n3)c2)cc1. The fraction of sp³-hybridized carbons (Fsp3) is 0. The number of benzene rings is 9. The molecule has 11 aromatic rings. The predicted molar refractivity (Wildman–Crippen MR) is 242 cm³/mol. The fourth-order valence-electron chi connectivity index (χ4n) is 8.38. The van der Waals surface area contributed by atoms with Crippen LogP contribution in [-0.4, -0.2) is 15.0 Å². The third-order valence-corrected chi connectivity index (χ3v) is 11.2. The van der Waals surface area contributed by atoms with E-state index in [1.807, 2.05) is 24.3 Å². The van der Waals surface area contributed by atoms with Gasteiger partial charge in [-0.3, -0.25) is 0 Å². The number of hydrogen-bond acceptors (Lipinski definition) is 3. The maximum absolute atomic E-state index is 5.35. The molecule has 0 radical (unpaired) electrons. The summed E-state index contributed by atoms with van der Waals surface area (Å²) >= 11 is 0. The van der Waals surface area contributed by atoms with E-state index in [0.29, 0.717) is 5.82 Å². The maximum atomic E-state index is 5.35. The minimum absolute atomic E-state index is 0.698. The topological polar surface area (TPSA) is 38.7 Å². The zero-order chi connectivity index (χ0) is 38.4. The van der Waals surface area contributed by atoms with Gasteiger partial charge in [-0.25, -0.2) is 15.0 Å². The number of aromatic nitrogens is 3. The molecule has 0 atom stereocenters. The van der Waals surface area contributed by atoms with Crippen molar-refractivity contribution in [3.05, 3.63) is 212 Å². The Balaban J connectivity index is 1.07. The molecule has 0 aliphatic heterocycles. The summed E-state index contributed by atoms with van der Waals surface area (Å²) in [5, 5.41) is 8.36. The number of hydrogen-bond donors (Lipinski definition) is 0. The van der Waals surface area contributed by atoms with Crippen LogP contribution in [0, 0.1) is 0 Å². The number of fused-ring (bicyclic) bond motifs is 6. The van der Waals surface area contributed by atoms with Gasteiger partial charge in [0.15, 0.2) is 5.82 Å². The lowest BCUT2D eigenvalue weighted by molar-refractivity contribution is 1.18. The molecular weight excluding hydrogens is 703 g/mol. The van der Waals surface area contributed by atoms with E-state index in [1.165, 1.54) is 38.1 Å². The van der Waals surface area contributed by atoms with Crippen molar-refractivity contribution in [2.75, 3.05) is 0 Å². The second-order valence-corrected chi connectivity index (χ2v) is 14.8. The van der Waals surface area contributed by atoms with Crippen LogP contribution >= 0.6 is 0 Å². The lowest BCUT2D eigenvalue weighted by Crippen LogP contribution is -1.96. The molecule has 9 aromatic carbocycles. The molecule has 11 rings (SSSR count). The van der Waals surface area contributed by atoms with Crippen LogP contribution in [0.2, 0.25) is 0 Å². The molecule has 3 nitrogen and oxygen atoms in total. The Labute approximate surface area is 336 Å². The summed E-state index contributed by atoms with van der Waals surface area (Å²) < 4.78 is 0. The molecule has 2 heterocycles. The standard InChI is InChI=1S/C55H35N3/c1-3-14-36(15-4-1)42-20-13-21-43(32-42)52-35-51(57-55(58-52)40-17-5-2-6-18-40)39-29-27-38(28-30-39)48-34-49-53(46-23-10-9-22-45(46)48)47-24-11-12-25-50(47)56-54(49)44-31-26-37-16-7-8-19-41(37)33-44/h1-35H. The highest BCUT2D eigenvalue weighted by Gasteiger charge is 2.18. The quantitative estimate of drug-likeness (QED) is 0.160.